The Morgan fingerprint density at radius 2 is 2.15 bits per heavy atom. The van der Waals surface area contributed by atoms with E-state index in [0.717, 1.165) is 4.31 Å². The van der Waals surface area contributed by atoms with Gasteiger partial charge in [-0.3, -0.25) is 9.78 Å². The lowest BCUT2D eigenvalue weighted by molar-refractivity contribution is -0.118. The first kappa shape index (κ1) is 16.1. The van der Waals surface area contributed by atoms with E-state index in [4.69, 9.17) is 11.5 Å². The predicted octanol–water partition coefficient (Wildman–Crippen LogP) is -1.11. The fourth-order valence-electron chi connectivity index (χ4n) is 1.47. The normalized spacial score (nSPS) is 10.9. The van der Waals surface area contributed by atoms with Gasteiger partial charge < -0.3 is 11.5 Å². The number of carbonyl (C=O) groups excluding carboxylic acids is 1. The molecule has 1 heterocycles. The molecule has 0 aromatic carbocycles. The fourth-order valence-corrected chi connectivity index (χ4v) is 2.88. The van der Waals surface area contributed by atoms with Gasteiger partial charge in [-0.1, -0.05) is 18.8 Å². The molecule has 0 saturated carbocycles. The molecule has 8 heteroatoms. The number of rotatable bonds is 5. The minimum absolute atomic E-state index is 0.0376. The molecule has 1 aromatic heterocycles. The molecule has 0 aliphatic rings. The van der Waals surface area contributed by atoms with Gasteiger partial charge in [-0.05, 0) is 6.07 Å². The molecule has 0 radical (unpaired) electrons. The van der Waals surface area contributed by atoms with Crippen molar-refractivity contribution in [2.24, 2.45) is 11.5 Å². The van der Waals surface area contributed by atoms with Gasteiger partial charge in [0.1, 0.15) is 4.90 Å². The van der Waals surface area contributed by atoms with Gasteiger partial charge in [0.2, 0.25) is 15.9 Å². The minimum atomic E-state index is -3.82. The van der Waals surface area contributed by atoms with Crippen LogP contribution >= 0.6 is 0 Å². The molecule has 1 amide bonds. The van der Waals surface area contributed by atoms with Crippen LogP contribution in [0.25, 0.3) is 0 Å². The Kier molecular flexibility index (Phi) is 5.64. The van der Waals surface area contributed by atoms with Crippen molar-refractivity contribution in [3.63, 3.8) is 0 Å². The number of aromatic nitrogens is 1. The minimum Gasteiger partial charge on any atom is -0.369 e. The third-order valence-electron chi connectivity index (χ3n) is 2.37. The van der Waals surface area contributed by atoms with Crippen LogP contribution in [0.2, 0.25) is 0 Å². The van der Waals surface area contributed by atoms with Crippen LogP contribution in [0.4, 0.5) is 0 Å². The Morgan fingerprint density at radius 1 is 1.45 bits per heavy atom. The van der Waals surface area contributed by atoms with Gasteiger partial charge in [0.15, 0.2) is 0 Å². The number of likely N-dealkylation sites (N-methyl/N-ethyl adjacent to an activating group) is 1. The third kappa shape index (κ3) is 4.03. The molecular formula is C12H16N4O3S. The molecule has 4 N–H and O–H groups in total. The summed E-state index contributed by atoms with van der Waals surface area (Å²) in [5, 5.41) is 0. The average molecular weight is 296 g/mol. The standard InChI is InChI=1S/C12H16N4O3S/c1-2-16(9-12(14)17)20(18,19)11-6-10(4-3-5-13)7-15-8-11/h6-8H,2,5,9,13H2,1H3,(H2,14,17). The number of hydrogen-bond donors (Lipinski definition) is 2. The maximum Gasteiger partial charge on any atom is 0.245 e. The van der Waals surface area contributed by atoms with E-state index in [9.17, 15) is 13.2 Å². The zero-order valence-electron chi connectivity index (χ0n) is 11.0. The van der Waals surface area contributed by atoms with Gasteiger partial charge >= 0.3 is 0 Å². The quantitative estimate of drug-likeness (QED) is 0.667. The second-order valence-electron chi connectivity index (χ2n) is 3.81. The highest BCUT2D eigenvalue weighted by Gasteiger charge is 2.24. The molecule has 1 aromatic rings. The highest BCUT2D eigenvalue weighted by Crippen LogP contribution is 2.15. The third-order valence-corrected chi connectivity index (χ3v) is 4.26. The average Bonchev–Trinajstić information content (AvgIpc) is 2.42. The van der Waals surface area contributed by atoms with Gasteiger partial charge in [0, 0.05) is 24.5 Å². The summed E-state index contributed by atoms with van der Waals surface area (Å²) in [5.41, 5.74) is 10.7. The molecule has 0 aliphatic heterocycles. The maximum atomic E-state index is 12.3. The topological polar surface area (TPSA) is 119 Å². The van der Waals surface area contributed by atoms with Crippen LogP contribution in [-0.2, 0) is 14.8 Å². The number of nitrogens with zero attached hydrogens (tertiary/aromatic N) is 2. The Bertz CT molecular complexity index is 646. The summed E-state index contributed by atoms with van der Waals surface area (Å²) in [6, 6.07) is 1.38. The molecule has 20 heavy (non-hydrogen) atoms. The van der Waals surface area contributed by atoms with E-state index in [-0.39, 0.29) is 24.5 Å². The van der Waals surface area contributed by atoms with E-state index in [2.05, 4.69) is 16.8 Å². The highest BCUT2D eigenvalue weighted by atomic mass is 32.2. The predicted molar refractivity (Wildman–Crippen MR) is 73.8 cm³/mol. The summed E-state index contributed by atoms with van der Waals surface area (Å²) in [5.74, 6) is 4.60. The molecule has 0 spiro atoms. The zero-order chi connectivity index (χ0) is 15.2. The van der Waals surface area contributed by atoms with Crippen molar-refractivity contribution in [3.8, 4) is 11.8 Å². The summed E-state index contributed by atoms with van der Waals surface area (Å²) in [6.07, 6.45) is 2.64. The first-order valence-electron chi connectivity index (χ1n) is 5.84. The van der Waals surface area contributed by atoms with Crippen LogP contribution in [0.15, 0.2) is 23.4 Å². The molecule has 7 nitrogen and oxygen atoms in total. The van der Waals surface area contributed by atoms with Crippen molar-refractivity contribution in [1.82, 2.24) is 9.29 Å². The Morgan fingerprint density at radius 3 is 2.70 bits per heavy atom. The Hall–Kier alpha value is -1.95. The summed E-state index contributed by atoms with van der Waals surface area (Å²) in [6.45, 7) is 1.53. The van der Waals surface area contributed by atoms with E-state index in [1.54, 1.807) is 6.92 Å². The number of primary amides is 1. The fraction of sp³-hybridized carbons (Fsp3) is 0.333. The molecule has 0 aliphatic carbocycles. The highest BCUT2D eigenvalue weighted by molar-refractivity contribution is 7.89. The molecule has 0 unspecified atom stereocenters. The van der Waals surface area contributed by atoms with Crippen molar-refractivity contribution in [2.45, 2.75) is 11.8 Å². The van der Waals surface area contributed by atoms with Crippen molar-refractivity contribution >= 4 is 15.9 Å². The first-order chi connectivity index (χ1) is 9.41. The van der Waals surface area contributed by atoms with E-state index in [0.29, 0.717) is 5.56 Å². The number of amides is 1. The lowest BCUT2D eigenvalue weighted by Crippen LogP contribution is -2.38. The van der Waals surface area contributed by atoms with Crippen LogP contribution in [0.3, 0.4) is 0 Å². The Balaban J connectivity index is 3.17. The summed E-state index contributed by atoms with van der Waals surface area (Å²) < 4.78 is 25.6. The van der Waals surface area contributed by atoms with Crippen LogP contribution in [0.1, 0.15) is 12.5 Å². The van der Waals surface area contributed by atoms with E-state index in [1.807, 2.05) is 0 Å². The smallest absolute Gasteiger partial charge is 0.245 e. The Labute approximate surface area is 118 Å². The summed E-state index contributed by atoms with van der Waals surface area (Å²) >= 11 is 0. The molecule has 0 saturated heterocycles. The molecule has 0 bridgehead atoms. The number of sulfonamides is 1. The van der Waals surface area contributed by atoms with Crippen LogP contribution in [-0.4, -0.2) is 43.2 Å². The van der Waals surface area contributed by atoms with Gasteiger partial charge in [-0.15, -0.1) is 0 Å². The number of nitrogens with two attached hydrogens (primary N) is 2. The molecular weight excluding hydrogens is 280 g/mol. The van der Waals surface area contributed by atoms with Crippen LogP contribution in [0.5, 0.6) is 0 Å². The zero-order valence-corrected chi connectivity index (χ0v) is 11.9. The van der Waals surface area contributed by atoms with Crippen LogP contribution < -0.4 is 11.5 Å². The van der Waals surface area contributed by atoms with Gasteiger partial charge in [0.05, 0.1) is 13.1 Å². The first-order valence-corrected chi connectivity index (χ1v) is 7.28. The SMILES string of the molecule is CCN(CC(N)=O)S(=O)(=O)c1cncc(C#CCN)c1. The number of carbonyl (C=O) groups is 1. The van der Waals surface area contributed by atoms with Gasteiger partial charge in [-0.25, -0.2) is 8.42 Å². The summed E-state index contributed by atoms with van der Waals surface area (Å²) in [7, 11) is -3.82. The molecule has 108 valence electrons. The second-order valence-corrected chi connectivity index (χ2v) is 5.75. The van der Waals surface area contributed by atoms with E-state index >= 15 is 0 Å². The van der Waals surface area contributed by atoms with Crippen molar-refractivity contribution in [1.29, 1.82) is 0 Å². The maximum absolute atomic E-state index is 12.3. The lowest BCUT2D eigenvalue weighted by atomic mass is 10.3. The summed E-state index contributed by atoms with van der Waals surface area (Å²) in [4.78, 5) is 14.7. The molecule has 0 fully saturated rings. The van der Waals surface area contributed by atoms with E-state index < -0.39 is 15.9 Å². The largest absolute Gasteiger partial charge is 0.369 e. The van der Waals surface area contributed by atoms with Crippen LogP contribution in [0, 0.1) is 11.8 Å². The lowest BCUT2D eigenvalue weighted by Gasteiger charge is -2.18. The van der Waals surface area contributed by atoms with Gasteiger partial charge in [-0.2, -0.15) is 4.31 Å². The monoisotopic (exact) mass is 296 g/mol. The van der Waals surface area contributed by atoms with Crippen molar-refractivity contribution in [2.75, 3.05) is 19.6 Å². The van der Waals surface area contributed by atoms with E-state index in [1.165, 1.54) is 18.5 Å². The molecule has 0 atom stereocenters. The van der Waals surface area contributed by atoms with Crippen molar-refractivity contribution in [3.05, 3.63) is 24.0 Å². The second kappa shape index (κ2) is 7.00. The number of hydrogen-bond acceptors (Lipinski definition) is 5. The number of pyridine rings is 1. The molecule has 1 rings (SSSR count). The van der Waals surface area contributed by atoms with Gasteiger partial charge in [0.25, 0.3) is 0 Å². The van der Waals surface area contributed by atoms with Crippen molar-refractivity contribution < 1.29 is 13.2 Å².